The van der Waals surface area contributed by atoms with Gasteiger partial charge in [-0.15, -0.1) is 11.3 Å². The lowest BCUT2D eigenvalue weighted by molar-refractivity contribution is 0.301. The lowest BCUT2D eigenvalue weighted by Gasteiger charge is -2.15. The van der Waals surface area contributed by atoms with Crippen molar-refractivity contribution in [3.63, 3.8) is 0 Å². The number of fused-ring (bicyclic) bond motifs is 2. The standard InChI is InChI=1S/C15H13ClN2OS2/c16-10-3-1-2-9-8-12(20-14(9)10)13-11(4-7-19)21-15-17-5-6-18(13)15/h1-3,8,19H,4-7H2. The summed E-state index contributed by atoms with van der Waals surface area (Å²) in [4.78, 5) is 9.23. The van der Waals surface area contributed by atoms with Crippen LogP contribution in [0.5, 0.6) is 0 Å². The zero-order valence-electron chi connectivity index (χ0n) is 11.2. The van der Waals surface area contributed by atoms with Crippen LogP contribution in [0.3, 0.4) is 0 Å². The number of halogens is 1. The van der Waals surface area contributed by atoms with Gasteiger partial charge in [-0.05, 0) is 17.5 Å². The van der Waals surface area contributed by atoms with Gasteiger partial charge in [-0.3, -0.25) is 4.99 Å². The van der Waals surface area contributed by atoms with Gasteiger partial charge in [0, 0.05) is 24.5 Å². The van der Waals surface area contributed by atoms with Crippen LogP contribution in [0.2, 0.25) is 5.02 Å². The number of thiophene rings is 1. The molecule has 1 aromatic carbocycles. The van der Waals surface area contributed by atoms with E-state index in [0.29, 0.717) is 6.42 Å². The van der Waals surface area contributed by atoms with Gasteiger partial charge < -0.3 is 10.0 Å². The summed E-state index contributed by atoms with van der Waals surface area (Å²) >= 11 is 9.71. The molecular weight excluding hydrogens is 324 g/mol. The lowest BCUT2D eigenvalue weighted by atomic mass is 10.2. The third kappa shape index (κ3) is 2.19. The van der Waals surface area contributed by atoms with Gasteiger partial charge in [0.2, 0.25) is 0 Å². The van der Waals surface area contributed by atoms with E-state index >= 15 is 0 Å². The van der Waals surface area contributed by atoms with E-state index < -0.39 is 0 Å². The molecule has 108 valence electrons. The highest BCUT2D eigenvalue weighted by Crippen LogP contribution is 2.46. The molecular formula is C15H13ClN2OS2. The number of rotatable bonds is 3. The van der Waals surface area contributed by atoms with E-state index in [1.165, 1.54) is 20.9 Å². The van der Waals surface area contributed by atoms with Gasteiger partial charge in [-0.2, -0.15) is 0 Å². The minimum Gasteiger partial charge on any atom is -0.396 e. The number of hydrogen-bond acceptors (Lipinski definition) is 5. The Morgan fingerprint density at radius 1 is 1.38 bits per heavy atom. The van der Waals surface area contributed by atoms with Crippen molar-refractivity contribution in [2.24, 2.45) is 4.99 Å². The second-order valence-corrected chi connectivity index (χ2v) is 7.45. The normalized spacial score (nSPS) is 17.8. The van der Waals surface area contributed by atoms with E-state index in [9.17, 15) is 5.11 Å². The van der Waals surface area contributed by atoms with Crippen LogP contribution in [-0.2, 0) is 0 Å². The third-order valence-electron chi connectivity index (χ3n) is 3.62. The van der Waals surface area contributed by atoms with Crippen LogP contribution in [0, 0.1) is 0 Å². The predicted octanol–water partition coefficient (Wildman–Crippen LogP) is 4.02. The van der Waals surface area contributed by atoms with Gasteiger partial charge in [0.25, 0.3) is 0 Å². The smallest absolute Gasteiger partial charge is 0.168 e. The molecule has 6 heteroatoms. The molecule has 0 aliphatic carbocycles. The summed E-state index contributed by atoms with van der Waals surface area (Å²) in [6.45, 7) is 1.94. The fraction of sp³-hybridized carbons (Fsp3) is 0.267. The fourth-order valence-electron chi connectivity index (χ4n) is 2.72. The van der Waals surface area contributed by atoms with Gasteiger partial charge in [0.15, 0.2) is 5.17 Å². The second kappa shape index (κ2) is 5.32. The average Bonchev–Trinajstić information content (AvgIpc) is 3.12. The average molecular weight is 337 g/mol. The maximum absolute atomic E-state index is 9.31. The molecule has 0 radical (unpaired) electrons. The molecule has 0 saturated carbocycles. The van der Waals surface area contributed by atoms with Crippen LogP contribution in [0.4, 0.5) is 0 Å². The topological polar surface area (TPSA) is 35.8 Å². The molecule has 3 heterocycles. The molecule has 1 N–H and O–H groups in total. The maximum Gasteiger partial charge on any atom is 0.168 e. The van der Waals surface area contributed by atoms with Crippen molar-refractivity contribution >= 4 is 55.7 Å². The highest BCUT2D eigenvalue weighted by atomic mass is 35.5. The van der Waals surface area contributed by atoms with Crippen molar-refractivity contribution < 1.29 is 5.11 Å². The summed E-state index contributed by atoms with van der Waals surface area (Å²) < 4.78 is 1.12. The Bertz CT molecular complexity index is 781. The maximum atomic E-state index is 9.31. The van der Waals surface area contributed by atoms with Crippen molar-refractivity contribution in [1.82, 2.24) is 4.90 Å². The van der Waals surface area contributed by atoms with Gasteiger partial charge >= 0.3 is 0 Å². The quantitative estimate of drug-likeness (QED) is 0.919. The summed E-state index contributed by atoms with van der Waals surface area (Å²) in [5.74, 6) is 0. The first kappa shape index (κ1) is 13.6. The van der Waals surface area contributed by atoms with Crippen LogP contribution < -0.4 is 0 Å². The van der Waals surface area contributed by atoms with Gasteiger partial charge in [0.1, 0.15) is 0 Å². The Balaban J connectivity index is 1.86. The van der Waals surface area contributed by atoms with E-state index in [2.05, 4.69) is 22.0 Å². The van der Waals surface area contributed by atoms with E-state index in [1.807, 2.05) is 12.1 Å². The number of thioether (sulfide) groups is 1. The number of nitrogens with zero attached hydrogens (tertiary/aromatic N) is 2. The number of amidine groups is 1. The van der Waals surface area contributed by atoms with Crippen molar-refractivity contribution in [2.45, 2.75) is 6.42 Å². The fourth-order valence-corrected chi connectivity index (χ4v) is 5.40. The van der Waals surface area contributed by atoms with E-state index in [-0.39, 0.29) is 6.61 Å². The molecule has 4 rings (SSSR count). The molecule has 2 aliphatic heterocycles. The highest BCUT2D eigenvalue weighted by molar-refractivity contribution is 8.17. The molecule has 0 bridgehead atoms. The molecule has 0 fully saturated rings. The van der Waals surface area contributed by atoms with Crippen molar-refractivity contribution in [3.8, 4) is 0 Å². The minimum atomic E-state index is 0.165. The molecule has 0 atom stereocenters. The number of aliphatic hydroxyl groups is 1. The molecule has 0 amide bonds. The molecule has 3 nitrogen and oxygen atoms in total. The Hall–Kier alpha value is -1.01. The predicted molar refractivity (Wildman–Crippen MR) is 92.1 cm³/mol. The highest BCUT2D eigenvalue weighted by Gasteiger charge is 2.33. The molecule has 21 heavy (non-hydrogen) atoms. The number of benzene rings is 1. The van der Waals surface area contributed by atoms with Crippen LogP contribution in [0.25, 0.3) is 15.8 Å². The number of aliphatic imine (C=N–C) groups is 1. The third-order valence-corrected chi connectivity index (χ3v) is 6.41. The molecule has 2 aromatic rings. The van der Waals surface area contributed by atoms with Gasteiger partial charge in [0.05, 0.1) is 26.8 Å². The molecule has 1 aromatic heterocycles. The van der Waals surface area contributed by atoms with Crippen LogP contribution in [0.1, 0.15) is 11.3 Å². The van der Waals surface area contributed by atoms with E-state index in [0.717, 1.165) is 28.0 Å². The zero-order chi connectivity index (χ0) is 14.4. The number of aliphatic hydroxyl groups excluding tert-OH is 1. The summed E-state index contributed by atoms with van der Waals surface area (Å²) in [5.41, 5.74) is 1.21. The Kier molecular flexibility index (Phi) is 3.46. The zero-order valence-corrected chi connectivity index (χ0v) is 13.6. The van der Waals surface area contributed by atoms with Gasteiger partial charge in [-0.25, -0.2) is 0 Å². The monoisotopic (exact) mass is 336 g/mol. The summed E-state index contributed by atoms with van der Waals surface area (Å²) in [6, 6.07) is 8.20. The minimum absolute atomic E-state index is 0.165. The van der Waals surface area contributed by atoms with E-state index in [4.69, 9.17) is 11.6 Å². The van der Waals surface area contributed by atoms with Crippen molar-refractivity contribution in [1.29, 1.82) is 0 Å². The lowest BCUT2D eigenvalue weighted by Crippen LogP contribution is -2.19. The Morgan fingerprint density at radius 2 is 2.29 bits per heavy atom. The summed E-state index contributed by atoms with van der Waals surface area (Å²) in [7, 11) is 0. The summed E-state index contributed by atoms with van der Waals surface area (Å²) in [6.07, 6.45) is 0.678. The summed E-state index contributed by atoms with van der Waals surface area (Å²) in [5, 5.41) is 12.4. The molecule has 2 aliphatic rings. The molecule has 0 spiro atoms. The Morgan fingerprint density at radius 3 is 3.10 bits per heavy atom. The largest absolute Gasteiger partial charge is 0.396 e. The first-order valence-electron chi connectivity index (χ1n) is 6.80. The van der Waals surface area contributed by atoms with Gasteiger partial charge in [-0.1, -0.05) is 35.5 Å². The van der Waals surface area contributed by atoms with Crippen LogP contribution >= 0.6 is 34.7 Å². The van der Waals surface area contributed by atoms with Crippen LogP contribution in [-0.4, -0.2) is 34.9 Å². The van der Waals surface area contributed by atoms with E-state index in [1.54, 1.807) is 23.1 Å². The Labute approximate surface area is 135 Å². The first-order chi connectivity index (χ1) is 10.3. The van der Waals surface area contributed by atoms with Crippen molar-refractivity contribution in [2.75, 3.05) is 19.7 Å². The second-order valence-electron chi connectivity index (χ2n) is 4.93. The molecule has 0 unspecified atom stereocenters. The SMILES string of the molecule is OCCC1=C(c2cc3cccc(Cl)c3s2)N2CCN=C2S1. The number of hydrogen-bond donors (Lipinski definition) is 1. The first-order valence-corrected chi connectivity index (χ1v) is 8.81. The molecule has 0 saturated heterocycles. The van der Waals surface area contributed by atoms with Crippen LogP contribution in [0.15, 0.2) is 34.2 Å². The van der Waals surface area contributed by atoms with Crippen molar-refractivity contribution in [3.05, 3.63) is 39.1 Å².